The van der Waals surface area contributed by atoms with Crippen molar-refractivity contribution < 1.29 is 9.47 Å². The smallest absolute Gasteiger partial charge is 0.191 e. The quantitative estimate of drug-likeness (QED) is 0.257. The third-order valence-corrected chi connectivity index (χ3v) is 4.57. The molecule has 1 rings (SSSR count). The van der Waals surface area contributed by atoms with Gasteiger partial charge < -0.3 is 25.0 Å². The van der Waals surface area contributed by atoms with Crippen LogP contribution in [0.4, 0.5) is 0 Å². The summed E-state index contributed by atoms with van der Waals surface area (Å²) in [7, 11) is 3.46. The molecule has 28 heavy (non-hydrogen) atoms. The maximum atomic E-state index is 5.92. The van der Waals surface area contributed by atoms with Gasteiger partial charge in [0, 0.05) is 13.1 Å². The molecule has 2 unspecified atom stereocenters. The van der Waals surface area contributed by atoms with Crippen molar-refractivity contribution in [3.63, 3.8) is 0 Å². The van der Waals surface area contributed by atoms with Crippen LogP contribution >= 0.6 is 24.0 Å². The standard InChI is InChI=1S/C21H38N4O2.HI/c1-7-25(8-2)15-9-10-17(3)24-21(22-5)23-16-18(4)27-20-13-11-19(26-6)12-14-20;/h11-14,17-18H,7-10,15-16H2,1-6H3,(H2,22,23,24);1H. The Morgan fingerprint density at radius 3 is 2.25 bits per heavy atom. The van der Waals surface area contributed by atoms with Crippen molar-refractivity contribution in [3.8, 4) is 11.5 Å². The molecular weight excluding hydrogens is 467 g/mol. The van der Waals surface area contributed by atoms with Gasteiger partial charge in [0.2, 0.25) is 0 Å². The average molecular weight is 506 g/mol. The van der Waals surface area contributed by atoms with E-state index in [0.29, 0.717) is 12.6 Å². The number of aliphatic imine (C=N–C) groups is 1. The van der Waals surface area contributed by atoms with Crippen LogP contribution in [-0.4, -0.2) is 63.3 Å². The number of nitrogens with zero attached hydrogens (tertiary/aromatic N) is 2. The predicted molar refractivity (Wildman–Crippen MR) is 129 cm³/mol. The molecule has 0 heterocycles. The highest BCUT2D eigenvalue weighted by Gasteiger charge is 2.09. The first-order valence-corrected chi connectivity index (χ1v) is 10.0. The summed E-state index contributed by atoms with van der Waals surface area (Å²) in [5.74, 6) is 2.47. The molecule has 0 spiro atoms. The van der Waals surface area contributed by atoms with Gasteiger partial charge in [0.1, 0.15) is 17.6 Å². The molecule has 2 N–H and O–H groups in total. The summed E-state index contributed by atoms with van der Waals surface area (Å²) < 4.78 is 11.1. The number of benzene rings is 1. The lowest BCUT2D eigenvalue weighted by molar-refractivity contribution is 0.223. The molecule has 7 heteroatoms. The van der Waals surface area contributed by atoms with E-state index >= 15 is 0 Å². The van der Waals surface area contributed by atoms with Gasteiger partial charge in [-0.15, -0.1) is 24.0 Å². The maximum absolute atomic E-state index is 5.92. The Balaban J connectivity index is 0.00000729. The van der Waals surface area contributed by atoms with E-state index in [1.165, 1.54) is 6.42 Å². The fourth-order valence-electron chi connectivity index (χ4n) is 2.83. The zero-order valence-electron chi connectivity index (χ0n) is 18.3. The highest BCUT2D eigenvalue weighted by molar-refractivity contribution is 14.0. The molecule has 0 bridgehead atoms. The second kappa shape index (κ2) is 15.7. The molecular formula is C21H39IN4O2. The van der Waals surface area contributed by atoms with Crippen LogP contribution in [0.5, 0.6) is 11.5 Å². The first-order chi connectivity index (χ1) is 13.0. The minimum atomic E-state index is 0. The van der Waals surface area contributed by atoms with Crippen LogP contribution in [-0.2, 0) is 0 Å². The molecule has 0 saturated carbocycles. The monoisotopic (exact) mass is 506 g/mol. The first-order valence-electron chi connectivity index (χ1n) is 10.0. The van der Waals surface area contributed by atoms with Crippen LogP contribution in [0.3, 0.4) is 0 Å². The average Bonchev–Trinajstić information content (AvgIpc) is 2.69. The van der Waals surface area contributed by atoms with Crippen LogP contribution in [0.15, 0.2) is 29.3 Å². The van der Waals surface area contributed by atoms with Crippen molar-refractivity contribution in [2.24, 2.45) is 4.99 Å². The molecule has 0 aliphatic rings. The second-order valence-corrected chi connectivity index (χ2v) is 6.77. The van der Waals surface area contributed by atoms with E-state index in [1.54, 1.807) is 14.2 Å². The van der Waals surface area contributed by atoms with E-state index in [4.69, 9.17) is 9.47 Å². The summed E-state index contributed by atoms with van der Waals surface area (Å²) in [6, 6.07) is 8.01. The molecule has 2 atom stereocenters. The van der Waals surface area contributed by atoms with Crippen molar-refractivity contribution in [2.75, 3.05) is 40.3 Å². The van der Waals surface area contributed by atoms with Gasteiger partial charge in [-0.2, -0.15) is 0 Å². The van der Waals surface area contributed by atoms with Crippen LogP contribution < -0.4 is 20.1 Å². The lowest BCUT2D eigenvalue weighted by Gasteiger charge is -2.22. The number of rotatable bonds is 12. The Hall–Kier alpha value is -1.22. The highest BCUT2D eigenvalue weighted by atomic mass is 127. The molecule has 6 nitrogen and oxygen atoms in total. The minimum Gasteiger partial charge on any atom is -0.497 e. The zero-order chi connectivity index (χ0) is 20.1. The van der Waals surface area contributed by atoms with Gasteiger partial charge in [0.05, 0.1) is 13.7 Å². The molecule has 0 aliphatic heterocycles. The number of hydrogen-bond donors (Lipinski definition) is 2. The Kier molecular flexibility index (Phi) is 15.0. The van der Waals surface area contributed by atoms with Gasteiger partial charge in [-0.3, -0.25) is 4.99 Å². The lowest BCUT2D eigenvalue weighted by Crippen LogP contribution is -2.45. The van der Waals surface area contributed by atoms with Crippen LogP contribution in [0.2, 0.25) is 0 Å². The summed E-state index contributed by atoms with van der Waals surface area (Å²) in [4.78, 5) is 6.77. The van der Waals surface area contributed by atoms with Crippen molar-refractivity contribution in [3.05, 3.63) is 24.3 Å². The molecule has 0 amide bonds. The molecule has 0 fully saturated rings. The molecule has 1 aromatic rings. The largest absolute Gasteiger partial charge is 0.497 e. The van der Waals surface area contributed by atoms with Gasteiger partial charge in [-0.1, -0.05) is 13.8 Å². The van der Waals surface area contributed by atoms with E-state index in [-0.39, 0.29) is 30.1 Å². The Morgan fingerprint density at radius 1 is 1.11 bits per heavy atom. The van der Waals surface area contributed by atoms with Crippen molar-refractivity contribution >= 4 is 29.9 Å². The van der Waals surface area contributed by atoms with E-state index in [9.17, 15) is 0 Å². The fourth-order valence-corrected chi connectivity index (χ4v) is 2.83. The molecule has 0 radical (unpaired) electrons. The van der Waals surface area contributed by atoms with Crippen molar-refractivity contribution in [2.45, 2.75) is 52.7 Å². The zero-order valence-corrected chi connectivity index (χ0v) is 20.7. The van der Waals surface area contributed by atoms with Gasteiger partial charge in [-0.25, -0.2) is 0 Å². The topological polar surface area (TPSA) is 58.1 Å². The number of ether oxygens (including phenoxy) is 2. The fraction of sp³-hybridized carbons (Fsp3) is 0.667. The summed E-state index contributed by atoms with van der Waals surface area (Å²) >= 11 is 0. The van der Waals surface area contributed by atoms with Crippen LogP contribution in [0, 0.1) is 0 Å². The molecule has 1 aromatic carbocycles. The number of nitrogens with one attached hydrogen (secondary N) is 2. The SMILES string of the molecule is CCN(CC)CCCC(C)NC(=NC)NCC(C)Oc1ccc(OC)cc1.I. The summed E-state index contributed by atoms with van der Waals surface area (Å²) in [6.07, 6.45) is 2.33. The Morgan fingerprint density at radius 2 is 1.71 bits per heavy atom. The first kappa shape index (κ1) is 26.8. The molecule has 0 aliphatic carbocycles. The van der Waals surface area contributed by atoms with E-state index < -0.39 is 0 Å². The van der Waals surface area contributed by atoms with Crippen molar-refractivity contribution in [1.29, 1.82) is 0 Å². The highest BCUT2D eigenvalue weighted by Crippen LogP contribution is 2.17. The van der Waals surface area contributed by atoms with Gasteiger partial charge in [-0.05, 0) is 70.6 Å². The number of methoxy groups -OCH3 is 1. The number of hydrogen-bond acceptors (Lipinski definition) is 4. The normalized spacial score (nSPS) is 13.5. The van der Waals surface area contributed by atoms with Crippen LogP contribution in [0.1, 0.15) is 40.5 Å². The van der Waals surface area contributed by atoms with Gasteiger partial charge in [0.25, 0.3) is 0 Å². The van der Waals surface area contributed by atoms with Crippen molar-refractivity contribution in [1.82, 2.24) is 15.5 Å². The molecule has 162 valence electrons. The summed E-state index contributed by atoms with van der Waals surface area (Å²) in [5.41, 5.74) is 0. The second-order valence-electron chi connectivity index (χ2n) is 6.77. The predicted octanol–water partition coefficient (Wildman–Crippen LogP) is 3.76. The Bertz CT molecular complexity index is 536. The molecule has 0 aromatic heterocycles. The third-order valence-electron chi connectivity index (χ3n) is 4.57. The number of guanidine groups is 1. The van der Waals surface area contributed by atoms with Crippen LogP contribution in [0.25, 0.3) is 0 Å². The van der Waals surface area contributed by atoms with E-state index in [0.717, 1.165) is 43.5 Å². The maximum Gasteiger partial charge on any atom is 0.191 e. The van der Waals surface area contributed by atoms with Gasteiger partial charge in [0.15, 0.2) is 5.96 Å². The number of halogens is 1. The lowest BCUT2D eigenvalue weighted by atomic mass is 10.2. The minimum absolute atomic E-state index is 0. The molecule has 0 saturated heterocycles. The van der Waals surface area contributed by atoms with E-state index in [1.807, 2.05) is 31.2 Å². The summed E-state index contributed by atoms with van der Waals surface area (Å²) in [5, 5.41) is 6.80. The third kappa shape index (κ3) is 10.9. The Labute approximate surface area is 188 Å². The van der Waals surface area contributed by atoms with E-state index in [2.05, 4.69) is 41.3 Å². The summed E-state index contributed by atoms with van der Waals surface area (Å²) in [6.45, 7) is 12.7. The van der Waals surface area contributed by atoms with Gasteiger partial charge >= 0.3 is 0 Å².